The van der Waals surface area contributed by atoms with Crippen LogP contribution in [0.5, 0.6) is 0 Å². The molecule has 0 spiro atoms. The van der Waals surface area contributed by atoms with Crippen LogP contribution in [0.25, 0.3) is 10.4 Å². The number of nitrogens with one attached hydrogen (secondary N) is 1. The van der Waals surface area contributed by atoms with Gasteiger partial charge >= 0.3 is 5.97 Å². The molecule has 2 unspecified atom stereocenters. The van der Waals surface area contributed by atoms with Gasteiger partial charge in [-0.15, -0.1) is 0 Å². The number of carboxylic acids is 1. The smallest absolute Gasteiger partial charge is 0.320 e. The fraction of sp³-hybridized carbons (Fsp3) is 0.875. The quantitative estimate of drug-likeness (QED) is 0.381. The van der Waals surface area contributed by atoms with Crippen molar-refractivity contribution in [2.24, 2.45) is 5.11 Å². The van der Waals surface area contributed by atoms with Crippen LogP contribution in [0.1, 0.15) is 12.8 Å². The molecule has 1 aliphatic rings. The van der Waals surface area contributed by atoms with Crippen LogP contribution in [-0.2, 0) is 9.53 Å². The summed E-state index contributed by atoms with van der Waals surface area (Å²) in [5.41, 5.74) is 8.09. The standard InChI is InChI=1S/C8H14N4O3/c9-12-11-5-7(8(13)14)10-4-6-2-1-3-15-6/h6-7,10H,1-5H2,(H,13,14). The summed E-state index contributed by atoms with van der Waals surface area (Å²) in [4.78, 5) is 13.3. The van der Waals surface area contributed by atoms with Gasteiger partial charge in [0.1, 0.15) is 6.04 Å². The predicted octanol–water partition coefficient (Wildman–Crippen LogP) is 0.518. The van der Waals surface area contributed by atoms with Crippen LogP contribution in [0.4, 0.5) is 0 Å². The second kappa shape index (κ2) is 6.23. The third-order valence-corrected chi connectivity index (χ3v) is 2.24. The second-order valence-electron chi connectivity index (χ2n) is 3.35. The maximum absolute atomic E-state index is 10.7. The highest BCUT2D eigenvalue weighted by Crippen LogP contribution is 2.10. The van der Waals surface area contributed by atoms with Crippen LogP contribution < -0.4 is 5.32 Å². The van der Waals surface area contributed by atoms with Gasteiger partial charge in [0, 0.05) is 18.1 Å². The lowest BCUT2D eigenvalue weighted by molar-refractivity contribution is -0.139. The van der Waals surface area contributed by atoms with Gasteiger partial charge in [-0.05, 0) is 18.4 Å². The van der Waals surface area contributed by atoms with Crippen molar-refractivity contribution in [1.82, 2.24) is 5.32 Å². The number of carbonyl (C=O) groups is 1. The average molecular weight is 214 g/mol. The Balaban J connectivity index is 2.29. The van der Waals surface area contributed by atoms with Gasteiger partial charge in [0.25, 0.3) is 0 Å². The first kappa shape index (κ1) is 11.8. The van der Waals surface area contributed by atoms with E-state index in [4.69, 9.17) is 15.4 Å². The molecule has 0 bridgehead atoms. The maximum atomic E-state index is 10.7. The number of hydrogen-bond acceptors (Lipinski definition) is 4. The molecule has 1 heterocycles. The largest absolute Gasteiger partial charge is 0.480 e. The molecule has 0 aromatic rings. The van der Waals surface area contributed by atoms with Gasteiger partial charge in [0.2, 0.25) is 0 Å². The fourth-order valence-electron chi connectivity index (χ4n) is 1.43. The van der Waals surface area contributed by atoms with E-state index in [1.165, 1.54) is 0 Å². The van der Waals surface area contributed by atoms with Crippen LogP contribution in [0.15, 0.2) is 5.11 Å². The topological polar surface area (TPSA) is 107 Å². The molecule has 84 valence electrons. The normalized spacial score (nSPS) is 22.0. The molecule has 2 N–H and O–H groups in total. The number of aliphatic carboxylic acids is 1. The van der Waals surface area contributed by atoms with Gasteiger partial charge in [-0.1, -0.05) is 5.11 Å². The Morgan fingerprint density at radius 1 is 1.80 bits per heavy atom. The highest BCUT2D eigenvalue weighted by molar-refractivity contribution is 5.73. The second-order valence-corrected chi connectivity index (χ2v) is 3.35. The van der Waals surface area contributed by atoms with Gasteiger partial charge in [-0.2, -0.15) is 0 Å². The molecule has 0 aliphatic carbocycles. The fourth-order valence-corrected chi connectivity index (χ4v) is 1.43. The molecule has 1 aliphatic heterocycles. The molecule has 0 amide bonds. The zero-order chi connectivity index (χ0) is 11.1. The zero-order valence-corrected chi connectivity index (χ0v) is 8.30. The lowest BCUT2D eigenvalue weighted by Crippen LogP contribution is -2.42. The molecule has 0 aromatic carbocycles. The number of rotatable bonds is 6. The van der Waals surface area contributed by atoms with Gasteiger partial charge < -0.3 is 15.2 Å². The average Bonchev–Trinajstić information content (AvgIpc) is 2.70. The van der Waals surface area contributed by atoms with Crippen molar-refractivity contribution in [1.29, 1.82) is 0 Å². The molecule has 2 atom stereocenters. The van der Waals surface area contributed by atoms with E-state index in [2.05, 4.69) is 15.3 Å². The Hall–Kier alpha value is -1.30. The van der Waals surface area contributed by atoms with Crippen molar-refractivity contribution in [3.05, 3.63) is 10.4 Å². The minimum absolute atomic E-state index is 0.0814. The van der Waals surface area contributed by atoms with Crippen LogP contribution in [0.2, 0.25) is 0 Å². The predicted molar refractivity (Wildman–Crippen MR) is 52.4 cm³/mol. The van der Waals surface area contributed by atoms with E-state index in [1.807, 2.05) is 0 Å². The van der Waals surface area contributed by atoms with E-state index in [0.29, 0.717) is 6.54 Å². The number of carboxylic acid groups (broad SMARTS) is 1. The molecule has 1 fully saturated rings. The van der Waals surface area contributed by atoms with Crippen LogP contribution in [0.3, 0.4) is 0 Å². The summed E-state index contributed by atoms with van der Waals surface area (Å²) in [5.74, 6) is -1.01. The van der Waals surface area contributed by atoms with Crippen LogP contribution >= 0.6 is 0 Å². The SMILES string of the molecule is [N-]=[N+]=NCC(NCC1CCCO1)C(=O)O. The summed E-state index contributed by atoms with van der Waals surface area (Å²) in [7, 11) is 0. The maximum Gasteiger partial charge on any atom is 0.320 e. The molecule has 0 radical (unpaired) electrons. The summed E-state index contributed by atoms with van der Waals surface area (Å²) in [6.07, 6.45) is 2.04. The van der Waals surface area contributed by atoms with Crippen molar-refractivity contribution < 1.29 is 14.6 Å². The minimum Gasteiger partial charge on any atom is -0.480 e. The van der Waals surface area contributed by atoms with Crippen LogP contribution in [0, 0.1) is 0 Å². The Bertz CT molecular complexity index is 259. The molecule has 0 aromatic heterocycles. The summed E-state index contributed by atoms with van der Waals surface area (Å²) in [6.45, 7) is 1.14. The highest BCUT2D eigenvalue weighted by atomic mass is 16.5. The highest BCUT2D eigenvalue weighted by Gasteiger charge is 2.20. The van der Waals surface area contributed by atoms with Crippen molar-refractivity contribution in [2.75, 3.05) is 19.7 Å². The van der Waals surface area contributed by atoms with Crippen molar-refractivity contribution >= 4 is 5.97 Å². The van der Waals surface area contributed by atoms with Gasteiger partial charge in [-0.3, -0.25) is 4.79 Å². The lowest BCUT2D eigenvalue weighted by Gasteiger charge is -2.15. The summed E-state index contributed by atoms with van der Waals surface area (Å²) >= 11 is 0. The molecular weight excluding hydrogens is 200 g/mol. The number of hydrogen-bond donors (Lipinski definition) is 2. The first-order chi connectivity index (χ1) is 7.24. The molecule has 7 nitrogen and oxygen atoms in total. The van der Waals surface area contributed by atoms with E-state index in [-0.39, 0.29) is 12.6 Å². The Labute approximate surface area is 87.0 Å². The van der Waals surface area contributed by atoms with E-state index in [0.717, 1.165) is 19.4 Å². The van der Waals surface area contributed by atoms with Gasteiger partial charge in [-0.25, -0.2) is 0 Å². The first-order valence-corrected chi connectivity index (χ1v) is 4.82. The summed E-state index contributed by atoms with van der Waals surface area (Å²) < 4.78 is 5.33. The molecular formula is C8H14N4O3. The molecule has 7 heteroatoms. The van der Waals surface area contributed by atoms with E-state index in [1.54, 1.807) is 0 Å². The Kier molecular flexibility index (Phi) is 4.89. The van der Waals surface area contributed by atoms with E-state index >= 15 is 0 Å². The van der Waals surface area contributed by atoms with E-state index < -0.39 is 12.0 Å². The summed E-state index contributed by atoms with van der Waals surface area (Å²) in [6, 6.07) is -0.829. The molecule has 15 heavy (non-hydrogen) atoms. The van der Waals surface area contributed by atoms with Crippen molar-refractivity contribution in [2.45, 2.75) is 25.0 Å². The summed E-state index contributed by atoms with van der Waals surface area (Å²) in [5, 5.41) is 14.8. The minimum atomic E-state index is -1.01. The van der Waals surface area contributed by atoms with Gasteiger partial charge in [0.05, 0.1) is 12.6 Å². The third kappa shape index (κ3) is 4.16. The molecule has 1 saturated heterocycles. The first-order valence-electron chi connectivity index (χ1n) is 4.82. The number of azide groups is 1. The van der Waals surface area contributed by atoms with E-state index in [9.17, 15) is 4.79 Å². The van der Waals surface area contributed by atoms with Crippen molar-refractivity contribution in [3.63, 3.8) is 0 Å². The van der Waals surface area contributed by atoms with Crippen molar-refractivity contribution in [3.8, 4) is 0 Å². The monoisotopic (exact) mass is 214 g/mol. The molecule has 0 saturated carbocycles. The number of nitrogens with zero attached hydrogens (tertiary/aromatic N) is 3. The van der Waals surface area contributed by atoms with Gasteiger partial charge in [0.15, 0.2) is 0 Å². The van der Waals surface area contributed by atoms with Crippen LogP contribution in [-0.4, -0.2) is 42.9 Å². The lowest BCUT2D eigenvalue weighted by atomic mass is 10.2. The molecule has 1 rings (SSSR count). The number of ether oxygens (including phenoxy) is 1. The Morgan fingerprint density at radius 2 is 2.60 bits per heavy atom. The zero-order valence-electron chi connectivity index (χ0n) is 8.30. The Morgan fingerprint density at radius 3 is 3.13 bits per heavy atom. The third-order valence-electron chi connectivity index (χ3n) is 2.24.